The third kappa shape index (κ3) is 6.39. The molecule has 3 saturated heterocycles. The Morgan fingerprint density at radius 1 is 1.00 bits per heavy atom. The van der Waals surface area contributed by atoms with Crippen LogP contribution < -0.4 is 15.1 Å². The number of ether oxygens (including phenoxy) is 1. The summed E-state index contributed by atoms with van der Waals surface area (Å²) in [7, 11) is 0. The van der Waals surface area contributed by atoms with Crippen molar-refractivity contribution in [3.05, 3.63) is 72.3 Å². The molecule has 3 aliphatic rings. The normalized spacial score (nSPS) is 19.7. The second-order valence-corrected chi connectivity index (χ2v) is 12.1. The zero-order valence-corrected chi connectivity index (χ0v) is 25.4. The minimum atomic E-state index is -0.861. The first-order valence-electron chi connectivity index (χ1n) is 15.7. The number of carbonyl (C=O) groups is 1. The molecule has 4 aromatic rings. The number of rotatable bonds is 9. The fraction of sp³-hybridized carbons (Fsp3) is 0.424. The first-order chi connectivity index (χ1) is 22.0. The molecule has 3 fully saturated rings. The highest BCUT2D eigenvalue weighted by atomic mass is 16.5. The van der Waals surface area contributed by atoms with Crippen molar-refractivity contribution in [2.75, 3.05) is 68.8 Å². The highest BCUT2D eigenvalue weighted by Crippen LogP contribution is 2.31. The lowest BCUT2D eigenvalue weighted by molar-refractivity contribution is -0.118. The Hall–Kier alpha value is -4.39. The van der Waals surface area contributed by atoms with Gasteiger partial charge < -0.3 is 29.9 Å². The maximum absolute atomic E-state index is 12.7. The summed E-state index contributed by atoms with van der Waals surface area (Å²) in [5.74, 6) is 1.43. The zero-order chi connectivity index (χ0) is 30.8. The third-order valence-electron chi connectivity index (χ3n) is 8.95. The van der Waals surface area contributed by atoms with Crippen molar-refractivity contribution in [1.29, 1.82) is 0 Å². The van der Waals surface area contributed by atoms with Crippen LogP contribution in [0.1, 0.15) is 36.5 Å². The lowest BCUT2D eigenvalue weighted by atomic mass is 10.0. The van der Waals surface area contributed by atoms with Crippen LogP contribution in [0.15, 0.2) is 61.2 Å². The van der Waals surface area contributed by atoms with Gasteiger partial charge in [0.15, 0.2) is 0 Å². The summed E-state index contributed by atoms with van der Waals surface area (Å²) in [4.78, 5) is 40.8. The standard InChI is InChI=1S/C33H39N9O3/c1-22(19-40-9-3-10-40)32(44)38-26-4-2-11-42(20-26)33-34-17-25(18-35-33)29(43)24-7-5-23(6-8-24)28-16-27-30(39-28)36-21-37-31(27)41-12-14-45-15-13-41/h5-8,16-18,21,26,29,43H,1-4,9-15,19-20H2,(H,38,44)(H,36,37,39)/t26-,29?/m1/s1. The van der Waals surface area contributed by atoms with Crippen molar-refractivity contribution in [3.8, 4) is 11.3 Å². The van der Waals surface area contributed by atoms with Crippen LogP contribution in [0.4, 0.5) is 11.8 Å². The SMILES string of the molecule is C=C(CN1CCC1)C(=O)N[C@@H]1CCCN(c2ncc(C(O)c3ccc(-c4cc5c(N6CCOCC6)ncnc5[nH]4)cc3)cn2)C1. The Bertz CT molecular complexity index is 1650. The number of H-pyrrole nitrogens is 1. The van der Waals surface area contributed by atoms with Gasteiger partial charge in [-0.15, -0.1) is 0 Å². The third-order valence-corrected chi connectivity index (χ3v) is 8.95. The van der Waals surface area contributed by atoms with E-state index < -0.39 is 6.10 Å². The summed E-state index contributed by atoms with van der Waals surface area (Å²) in [6.45, 7) is 11.1. The van der Waals surface area contributed by atoms with Gasteiger partial charge in [-0.2, -0.15) is 0 Å². The molecule has 0 aliphatic carbocycles. The van der Waals surface area contributed by atoms with Gasteiger partial charge in [-0.1, -0.05) is 30.8 Å². The molecule has 0 radical (unpaired) electrons. The first-order valence-corrected chi connectivity index (χ1v) is 15.7. The Morgan fingerprint density at radius 3 is 2.51 bits per heavy atom. The average Bonchev–Trinajstić information content (AvgIpc) is 3.51. The van der Waals surface area contributed by atoms with Crippen molar-refractivity contribution in [2.24, 2.45) is 0 Å². The number of nitrogens with zero attached hydrogens (tertiary/aromatic N) is 7. The Labute approximate surface area is 262 Å². The molecule has 234 valence electrons. The number of piperidine rings is 1. The number of carbonyl (C=O) groups excluding carboxylic acids is 1. The van der Waals surface area contributed by atoms with Crippen molar-refractivity contribution in [3.63, 3.8) is 0 Å². The number of hydrogen-bond acceptors (Lipinski definition) is 10. The molecule has 3 aromatic heterocycles. The van der Waals surface area contributed by atoms with E-state index in [0.29, 0.717) is 43.4 Å². The fourth-order valence-electron chi connectivity index (χ4n) is 6.23. The predicted octanol–water partition coefficient (Wildman–Crippen LogP) is 2.68. The fourth-order valence-corrected chi connectivity index (χ4v) is 6.23. The molecule has 3 N–H and O–H groups in total. The van der Waals surface area contributed by atoms with Crippen LogP contribution in [0.5, 0.6) is 0 Å². The summed E-state index contributed by atoms with van der Waals surface area (Å²) in [5, 5.41) is 15.3. The number of morpholine rings is 1. The highest BCUT2D eigenvalue weighted by molar-refractivity contribution is 5.93. The van der Waals surface area contributed by atoms with E-state index in [4.69, 9.17) is 4.74 Å². The van der Waals surface area contributed by atoms with Gasteiger partial charge in [-0.05, 0) is 49.5 Å². The van der Waals surface area contributed by atoms with Gasteiger partial charge in [0.05, 0.1) is 18.6 Å². The number of aliphatic hydroxyl groups is 1. The molecule has 1 aromatic carbocycles. The van der Waals surface area contributed by atoms with E-state index in [0.717, 1.165) is 79.2 Å². The summed E-state index contributed by atoms with van der Waals surface area (Å²) in [5.41, 5.74) is 4.69. The van der Waals surface area contributed by atoms with Crippen molar-refractivity contribution in [1.82, 2.24) is 35.1 Å². The molecular formula is C33H39N9O3. The first kappa shape index (κ1) is 29.3. The monoisotopic (exact) mass is 609 g/mol. The number of anilines is 2. The summed E-state index contributed by atoms with van der Waals surface area (Å²) in [6, 6.07) is 9.91. The number of hydrogen-bond donors (Lipinski definition) is 3. The minimum absolute atomic E-state index is 0.0158. The molecule has 0 saturated carbocycles. The number of aromatic nitrogens is 5. The van der Waals surface area contributed by atoms with E-state index >= 15 is 0 Å². The van der Waals surface area contributed by atoms with E-state index in [2.05, 4.69) is 57.6 Å². The minimum Gasteiger partial charge on any atom is -0.384 e. The van der Waals surface area contributed by atoms with Crippen LogP contribution in [-0.4, -0.2) is 106 Å². The van der Waals surface area contributed by atoms with Gasteiger partial charge in [0, 0.05) is 68.0 Å². The predicted molar refractivity (Wildman–Crippen MR) is 172 cm³/mol. The van der Waals surface area contributed by atoms with E-state index in [1.807, 2.05) is 24.3 Å². The second kappa shape index (κ2) is 12.9. The Morgan fingerprint density at radius 2 is 1.78 bits per heavy atom. The van der Waals surface area contributed by atoms with Gasteiger partial charge in [0.1, 0.15) is 23.9 Å². The summed E-state index contributed by atoms with van der Waals surface area (Å²) < 4.78 is 5.50. The summed E-state index contributed by atoms with van der Waals surface area (Å²) >= 11 is 0. The maximum Gasteiger partial charge on any atom is 0.248 e. The molecule has 1 unspecified atom stereocenters. The topological polar surface area (TPSA) is 136 Å². The quantitative estimate of drug-likeness (QED) is 0.243. The molecule has 45 heavy (non-hydrogen) atoms. The molecule has 1 amide bonds. The number of likely N-dealkylation sites (tertiary alicyclic amines) is 1. The van der Waals surface area contributed by atoms with Crippen molar-refractivity contribution >= 4 is 28.7 Å². The van der Waals surface area contributed by atoms with E-state index in [1.54, 1.807) is 18.7 Å². The van der Waals surface area contributed by atoms with Crippen LogP contribution in [0, 0.1) is 0 Å². The molecule has 7 rings (SSSR count). The number of nitrogens with one attached hydrogen (secondary N) is 2. The van der Waals surface area contributed by atoms with Crippen LogP contribution in [-0.2, 0) is 9.53 Å². The maximum atomic E-state index is 12.7. The molecule has 0 spiro atoms. The van der Waals surface area contributed by atoms with Crippen LogP contribution >= 0.6 is 0 Å². The molecule has 12 heteroatoms. The van der Waals surface area contributed by atoms with Crippen molar-refractivity contribution in [2.45, 2.75) is 31.4 Å². The van der Waals surface area contributed by atoms with Crippen LogP contribution in [0.25, 0.3) is 22.3 Å². The Kier molecular flexibility index (Phi) is 8.42. The van der Waals surface area contributed by atoms with E-state index in [9.17, 15) is 9.90 Å². The molecule has 3 aliphatic heterocycles. The van der Waals surface area contributed by atoms with Gasteiger partial charge in [-0.25, -0.2) is 19.9 Å². The van der Waals surface area contributed by atoms with Gasteiger partial charge in [0.25, 0.3) is 0 Å². The van der Waals surface area contributed by atoms with Gasteiger partial charge >= 0.3 is 0 Å². The number of fused-ring (bicyclic) bond motifs is 1. The molecule has 0 bridgehead atoms. The highest BCUT2D eigenvalue weighted by Gasteiger charge is 2.25. The number of aromatic amines is 1. The van der Waals surface area contributed by atoms with E-state index in [1.165, 1.54) is 6.42 Å². The Balaban J connectivity index is 0.983. The number of aliphatic hydroxyl groups excluding tert-OH is 1. The van der Waals surface area contributed by atoms with Gasteiger partial charge in [-0.3, -0.25) is 9.69 Å². The largest absolute Gasteiger partial charge is 0.384 e. The van der Waals surface area contributed by atoms with Crippen LogP contribution in [0.2, 0.25) is 0 Å². The van der Waals surface area contributed by atoms with Crippen molar-refractivity contribution < 1.29 is 14.6 Å². The molecule has 6 heterocycles. The van der Waals surface area contributed by atoms with Crippen LogP contribution in [0.3, 0.4) is 0 Å². The average molecular weight is 610 g/mol. The van der Waals surface area contributed by atoms with E-state index in [-0.39, 0.29) is 11.9 Å². The molecular weight excluding hydrogens is 570 g/mol. The molecule has 12 nitrogen and oxygen atoms in total. The summed E-state index contributed by atoms with van der Waals surface area (Å²) in [6.07, 6.45) is 7.13. The number of benzene rings is 1. The second-order valence-electron chi connectivity index (χ2n) is 12.1. The lowest BCUT2D eigenvalue weighted by Crippen LogP contribution is -2.49. The van der Waals surface area contributed by atoms with Gasteiger partial charge in [0.2, 0.25) is 11.9 Å². The lowest BCUT2D eigenvalue weighted by Gasteiger charge is -2.34. The smallest absolute Gasteiger partial charge is 0.248 e. The molecule has 2 atom stereocenters. The zero-order valence-electron chi connectivity index (χ0n) is 25.4. The number of amides is 1.